The van der Waals surface area contributed by atoms with Gasteiger partial charge in [0.2, 0.25) is 5.95 Å². The SMILES string of the molecule is CNc1ncc(C(F)(F)F)c(Nc2ccc3c(c2)OCCO3)n1. The van der Waals surface area contributed by atoms with Gasteiger partial charge in [0.15, 0.2) is 11.5 Å². The molecule has 0 saturated heterocycles. The summed E-state index contributed by atoms with van der Waals surface area (Å²) in [7, 11) is 1.52. The number of hydrogen-bond donors (Lipinski definition) is 2. The average molecular weight is 326 g/mol. The summed E-state index contributed by atoms with van der Waals surface area (Å²) in [6, 6.07) is 4.79. The van der Waals surface area contributed by atoms with Gasteiger partial charge in [0.25, 0.3) is 0 Å². The van der Waals surface area contributed by atoms with E-state index in [9.17, 15) is 13.2 Å². The number of hydrogen-bond acceptors (Lipinski definition) is 6. The zero-order valence-electron chi connectivity index (χ0n) is 12.1. The van der Waals surface area contributed by atoms with Crippen molar-refractivity contribution in [1.29, 1.82) is 0 Å². The molecule has 1 aliphatic heterocycles. The van der Waals surface area contributed by atoms with Gasteiger partial charge in [0.05, 0.1) is 0 Å². The van der Waals surface area contributed by atoms with Gasteiger partial charge in [-0.15, -0.1) is 0 Å². The number of alkyl halides is 3. The molecule has 0 unspecified atom stereocenters. The Hall–Kier alpha value is -2.71. The van der Waals surface area contributed by atoms with Gasteiger partial charge in [-0.3, -0.25) is 0 Å². The zero-order chi connectivity index (χ0) is 16.4. The summed E-state index contributed by atoms with van der Waals surface area (Å²) in [4.78, 5) is 7.45. The smallest absolute Gasteiger partial charge is 0.421 e. The standard InChI is InChI=1S/C14H13F3N4O2/c1-18-13-19-7-9(14(15,16)17)12(21-13)20-8-2-3-10-11(6-8)23-5-4-22-10/h2-3,6-7H,4-5H2,1H3,(H2,18,19,20,21). The topological polar surface area (TPSA) is 68.3 Å². The second-order valence-corrected chi connectivity index (χ2v) is 4.69. The normalized spacial score (nSPS) is 13.6. The molecular weight excluding hydrogens is 313 g/mol. The fraction of sp³-hybridized carbons (Fsp3) is 0.286. The molecule has 0 fully saturated rings. The Bertz CT molecular complexity index is 722. The number of aromatic nitrogens is 2. The van der Waals surface area contributed by atoms with Crippen LogP contribution >= 0.6 is 0 Å². The van der Waals surface area contributed by atoms with Crippen LogP contribution in [0.5, 0.6) is 11.5 Å². The molecule has 0 spiro atoms. The van der Waals surface area contributed by atoms with Gasteiger partial charge in [-0.2, -0.15) is 18.2 Å². The maximum absolute atomic E-state index is 13.1. The minimum atomic E-state index is -4.57. The molecule has 0 atom stereocenters. The number of halogens is 3. The molecule has 0 radical (unpaired) electrons. The summed E-state index contributed by atoms with van der Waals surface area (Å²) in [6.07, 6.45) is -3.83. The highest BCUT2D eigenvalue weighted by Crippen LogP contribution is 2.37. The van der Waals surface area contributed by atoms with Crippen molar-refractivity contribution >= 4 is 17.5 Å². The lowest BCUT2D eigenvalue weighted by atomic mass is 10.2. The van der Waals surface area contributed by atoms with Crippen LogP contribution in [0.25, 0.3) is 0 Å². The molecule has 0 saturated carbocycles. The quantitative estimate of drug-likeness (QED) is 0.903. The summed E-state index contributed by atoms with van der Waals surface area (Å²) in [6.45, 7) is 0.830. The fourth-order valence-corrected chi connectivity index (χ4v) is 2.06. The van der Waals surface area contributed by atoms with E-state index in [4.69, 9.17) is 9.47 Å². The van der Waals surface area contributed by atoms with Gasteiger partial charge in [-0.05, 0) is 12.1 Å². The second-order valence-electron chi connectivity index (χ2n) is 4.69. The van der Waals surface area contributed by atoms with Crippen LogP contribution in [0.15, 0.2) is 24.4 Å². The molecule has 1 aromatic heterocycles. The first-order valence-corrected chi connectivity index (χ1v) is 6.76. The van der Waals surface area contributed by atoms with Crippen LogP contribution in [0.2, 0.25) is 0 Å². The molecule has 6 nitrogen and oxygen atoms in total. The highest BCUT2D eigenvalue weighted by molar-refractivity contribution is 5.64. The van der Waals surface area contributed by atoms with Crippen molar-refractivity contribution in [3.63, 3.8) is 0 Å². The van der Waals surface area contributed by atoms with Crippen LogP contribution in [0.1, 0.15) is 5.56 Å². The van der Waals surface area contributed by atoms with Crippen LogP contribution in [-0.2, 0) is 6.18 Å². The van der Waals surface area contributed by atoms with Crippen molar-refractivity contribution in [3.8, 4) is 11.5 Å². The molecule has 1 aliphatic rings. The molecular formula is C14H13F3N4O2. The third-order valence-electron chi connectivity index (χ3n) is 3.12. The van der Waals surface area contributed by atoms with Gasteiger partial charge in [-0.25, -0.2) is 4.98 Å². The van der Waals surface area contributed by atoms with Crippen LogP contribution in [0.3, 0.4) is 0 Å². The number of anilines is 3. The van der Waals surface area contributed by atoms with E-state index >= 15 is 0 Å². The summed E-state index contributed by atoms with van der Waals surface area (Å²) in [5, 5.41) is 5.26. The Labute approximate surface area is 129 Å². The number of nitrogens with one attached hydrogen (secondary N) is 2. The third-order valence-corrected chi connectivity index (χ3v) is 3.12. The molecule has 2 heterocycles. The van der Waals surface area contributed by atoms with Crippen molar-refractivity contribution in [2.24, 2.45) is 0 Å². The Balaban J connectivity index is 1.95. The number of fused-ring (bicyclic) bond motifs is 1. The van der Waals surface area contributed by atoms with Crippen LogP contribution in [0.4, 0.5) is 30.6 Å². The summed E-state index contributed by atoms with van der Waals surface area (Å²) < 4.78 is 50.0. The summed E-state index contributed by atoms with van der Waals surface area (Å²) in [5.41, 5.74) is -0.549. The van der Waals surface area contributed by atoms with Crippen molar-refractivity contribution in [1.82, 2.24) is 9.97 Å². The first-order valence-electron chi connectivity index (χ1n) is 6.76. The molecule has 3 rings (SSSR count). The Morgan fingerprint density at radius 1 is 1.13 bits per heavy atom. The van der Waals surface area contributed by atoms with Gasteiger partial charge in [0, 0.05) is 25.0 Å². The summed E-state index contributed by atoms with van der Waals surface area (Å²) >= 11 is 0. The first kappa shape index (κ1) is 15.2. The highest BCUT2D eigenvalue weighted by Gasteiger charge is 2.35. The predicted molar refractivity (Wildman–Crippen MR) is 77.3 cm³/mol. The van der Waals surface area contributed by atoms with Crippen molar-refractivity contribution in [2.75, 3.05) is 30.9 Å². The van der Waals surface area contributed by atoms with E-state index in [1.165, 1.54) is 7.05 Å². The van der Waals surface area contributed by atoms with Crippen LogP contribution in [0, 0.1) is 0 Å². The molecule has 2 N–H and O–H groups in total. The Morgan fingerprint density at radius 2 is 1.87 bits per heavy atom. The van der Waals surface area contributed by atoms with Gasteiger partial charge >= 0.3 is 6.18 Å². The molecule has 1 aromatic carbocycles. The molecule has 2 aromatic rings. The van der Waals surface area contributed by atoms with Crippen molar-refractivity contribution in [3.05, 3.63) is 30.0 Å². The number of benzene rings is 1. The Morgan fingerprint density at radius 3 is 2.57 bits per heavy atom. The molecule has 23 heavy (non-hydrogen) atoms. The molecule has 0 aliphatic carbocycles. The van der Waals surface area contributed by atoms with Crippen molar-refractivity contribution in [2.45, 2.75) is 6.18 Å². The van der Waals surface area contributed by atoms with Gasteiger partial charge < -0.3 is 20.1 Å². The summed E-state index contributed by atoms with van der Waals surface area (Å²) in [5.74, 6) is 0.765. The van der Waals surface area contributed by atoms with E-state index in [1.807, 2.05) is 0 Å². The lowest BCUT2D eigenvalue weighted by Crippen LogP contribution is -2.15. The van der Waals surface area contributed by atoms with E-state index in [0.717, 1.165) is 6.20 Å². The Kier molecular flexibility index (Phi) is 3.85. The fourth-order valence-electron chi connectivity index (χ4n) is 2.06. The highest BCUT2D eigenvalue weighted by atomic mass is 19.4. The first-order chi connectivity index (χ1) is 11.0. The monoisotopic (exact) mass is 326 g/mol. The molecule has 0 amide bonds. The van der Waals surface area contributed by atoms with E-state index in [1.54, 1.807) is 18.2 Å². The molecule has 9 heteroatoms. The molecule has 122 valence electrons. The third kappa shape index (κ3) is 3.22. The number of ether oxygens (including phenoxy) is 2. The van der Waals surface area contributed by atoms with Crippen molar-refractivity contribution < 1.29 is 22.6 Å². The minimum Gasteiger partial charge on any atom is -0.486 e. The average Bonchev–Trinajstić information content (AvgIpc) is 2.53. The predicted octanol–water partition coefficient (Wildman–Crippen LogP) is 3.05. The lowest BCUT2D eigenvalue weighted by molar-refractivity contribution is -0.137. The second kappa shape index (κ2) is 5.82. The van der Waals surface area contributed by atoms with E-state index in [-0.39, 0.29) is 11.8 Å². The van der Waals surface area contributed by atoms with Gasteiger partial charge in [0.1, 0.15) is 24.6 Å². The minimum absolute atomic E-state index is 0.0815. The van der Waals surface area contributed by atoms with E-state index < -0.39 is 11.7 Å². The number of rotatable bonds is 3. The number of nitrogens with zero attached hydrogens (tertiary/aromatic N) is 2. The lowest BCUT2D eigenvalue weighted by Gasteiger charge is -2.19. The maximum Gasteiger partial charge on any atom is 0.421 e. The zero-order valence-corrected chi connectivity index (χ0v) is 12.1. The molecule has 0 bridgehead atoms. The van der Waals surface area contributed by atoms with E-state index in [0.29, 0.717) is 30.4 Å². The van der Waals surface area contributed by atoms with Gasteiger partial charge in [-0.1, -0.05) is 0 Å². The van der Waals surface area contributed by atoms with E-state index in [2.05, 4.69) is 20.6 Å². The van der Waals surface area contributed by atoms with Crippen LogP contribution in [-0.4, -0.2) is 30.2 Å². The van der Waals surface area contributed by atoms with Crippen LogP contribution < -0.4 is 20.1 Å². The largest absolute Gasteiger partial charge is 0.486 e. The maximum atomic E-state index is 13.1.